The number of aliphatic hydroxyl groups excluding tert-OH is 6. The maximum absolute atomic E-state index is 13.1. The average Bonchev–Trinajstić information content (AvgIpc) is 3.37. The number of carbonyl (C=O) groups is 1. The summed E-state index contributed by atoms with van der Waals surface area (Å²) in [4.78, 5) is 13.1. The maximum atomic E-state index is 13.1. The van der Waals surface area contributed by atoms with Gasteiger partial charge < -0.3 is 45.4 Å². The molecule has 1 heterocycles. The average molecular weight is 1010 g/mol. The highest BCUT2D eigenvalue weighted by atomic mass is 16.7. The zero-order valence-electron chi connectivity index (χ0n) is 46.9. The van der Waals surface area contributed by atoms with Gasteiger partial charge in [-0.15, -0.1) is 0 Å². The molecule has 1 aliphatic heterocycles. The molecule has 0 aromatic carbocycles. The number of hydrogen-bond donors (Lipinski definition) is 7. The molecule has 71 heavy (non-hydrogen) atoms. The van der Waals surface area contributed by atoms with Crippen LogP contribution in [0.3, 0.4) is 0 Å². The van der Waals surface area contributed by atoms with Crippen LogP contribution >= 0.6 is 0 Å². The second-order valence-corrected chi connectivity index (χ2v) is 22.4. The normalized spacial score (nSPS) is 19.6. The van der Waals surface area contributed by atoms with Gasteiger partial charge in [0.25, 0.3) is 0 Å². The van der Waals surface area contributed by atoms with Crippen molar-refractivity contribution in [1.82, 2.24) is 5.32 Å². The lowest BCUT2D eigenvalue weighted by Crippen LogP contribution is -2.60. The fourth-order valence-corrected chi connectivity index (χ4v) is 10.6. The van der Waals surface area contributed by atoms with Crippen molar-refractivity contribution in [2.45, 2.75) is 371 Å². The molecule has 1 amide bonds. The Morgan fingerprint density at radius 2 is 0.732 bits per heavy atom. The third kappa shape index (κ3) is 40.1. The first-order chi connectivity index (χ1) is 34.8. The van der Waals surface area contributed by atoms with Gasteiger partial charge in [-0.3, -0.25) is 4.79 Å². The van der Waals surface area contributed by atoms with Gasteiger partial charge in [-0.1, -0.05) is 303 Å². The van der Waals surface area contributed by atoms with E-state index in [2.05, 4.69) is 19.2 Å². The number of rotatable bonds is 55. The second-order valence-electron chi connectivity index (χ2n) is 22.4. The molecule has 0 saturated carbocycles. The number of ether oxygens (including phenoxy) is 2. The molecule has 7 N–H and O–H groups in total. The van der Waals surface area contributed by atoms with Gasteiger partial charge in [-0.25, -0.2) is 0 Å². The Labute approximate surface area is 438 Å². The number of nitrogens with one attached hydrogen (secondary N) is 1. The first kappa shape index (κ1) is 68.2. The monoisotopic (exact) mass is 1010 g/mol. The molecule has 424 valence electrons. The fraction of sp³-hybridized carbons (Fsp3) is 0.984. The molecule has 0 radical (unpaired) electrons. The van der Waals surface area contributed by atoms with Crippen LogP contribution in [-0.2, 0) is 14.3 Å². The lowest BCUT2D eigenvalue weighted by Gasteiger charge is -2.40. The molecule has 0 aliphatic carbocycles. The predicted molar refractivity (Wildman–Crippen MR) is 297 cm³/mol. The number of aliphatic hydroxyl groups is 6. The van der Waals surface area contributed by atoms with Crippen LogP contribution in [0.15, 0.2) is 0 Å². The Morgan fingerprint density at radius 1 is 0.437 bits per heavy atom. The summed E-state index contributed by atoms with van der Waals surface area (Å²) in [5.74, 6) is -0.251. The van der Waals surface area contributed by atoms with Crippen molar-refractivity contribution < 1.29 is 44.9 Å². The predicted octanol–water partition coefficient (Wildman–Crippen LogP) is 14.8. The molecule has 1 rings (SSSR count). The minimum atomic E-state index is -1.60. The summed E-state index contributed by atoms with van der Waals surface area (Å²) in [5, 5.41) is 65.4. The van der Waals surface area contributed by atoms with Crippen molar-refractivity contribution >= 4 is 5.91 Å². The van der Waals surface area contributed by atoms with Crippen LogP contribution in [0.1, 0.15) is 322 Å². The fourth-order valence-electron chi connectivity index (χ4n) is 10.6. The summed E-state index contributed by atoms with van der Waals surface area (Å²) in [6, 6.07) is -0.985. The van der Waals surface area contributed by atoms with Crippen molar-refractivity contribution in [3.8, 4) is 0 Å². The van der Waals surface area contributed by atoms with E-state index in [1.54, 1.807) is 0 Å². The Bertz CT molecular complexity index is 1100. The van der Waals surface area contributed by atoms with Crippen molar-refractivity contribution in [2.75, 3.05) is 13.2 Å². The highest BCUT2D eigenvalue weighted by Gasteiger charge is 2.44. The molecule has 0 aromatic heterocycles. The summed E-state index contributed by atoms with van der Waals surface area (Å²) in [6.07, 6.45) is 51.8. The summed E-state index contributed by atoms with van der Waals surface area (Å²) in [7, 11) is 0. The maximum Gasteiger partial charge on any atom is 0.220 e. The van der Waals surface area contributed by atoms with Crippen LogP contribution in [0.25, 0.3) is 0 Å². The van der Waals surface area contributed by atoms with E-state index in [0.717, 1.165) is 44.9 Å². The minimum Gasteiger partial charge on any atom is -0.394 e. The SMILES string of the molecule is CCCCCCCCCCCCCCCCCCCCCCCCCCCCCCCCCCCCCCC(=O)N[C@@H](CO[C@@H]1O[C@H](CO)[C@@H](O)C(O)C1O)[C@H](O)[C@H](O)CCCCCCCCCCCC. The molecule has 0 spiro atoms. The van der Waals surface area contributed by atoms with E-state index < -0.39 is 55.6 Å². The zero-order valence-corrected chi connectivity index (χ0v) is 46.9. The van der Waals surface area contributed by atoms with Crippen LogP contribution in [0.4, 0.5) is 0 Å². The molecule has 1 aliphatic rings. The van der Waals surface area contributed by atoms with Crippen LogP contribution in [-0.4, -0.2) is 98.7 Å². The molecule has 0 aromatic rings. The van der Waals surface area contributed by atoms with Gasteiger partial charge in [0.05, 0.1) is 25.4 Å². The van der Waals surface area contributed by atoms with Gasteiger partial charge in [-0.2, -0.15) is 0 Å². The third-order valence-corrected chi connectivity index (χ3v) is 15.6. The van der Waals surface area contributed by atoms with E-state index in [1.807, 2.05) is 0 Å². The van der Waals surface area contributed by atoms with E-state index >= 15 is 0 Å². The summed E-state index contributed by atoms with van der Waals surface area (Å²) in [6.45, 7) is 3.63. The van der Waals surface area contributed by atoms with E-state index in [1.165, 1.54) is 250 Å². The molecule has 10 heteroatoms. The lowest BCUT2D eigenvalue weighted by atomic mass is 9.98. The Hall–Kier alpha value is -0.850. The van der Waals surface area contributed by atoms with Gasteiger partial charge in [0.1, 0.15) is 30.5 Å². The minimum absolute atomic E-state index is 0.251. The zero-order chi connectivity index (χ0) is 51.7. The lowest BCUT2D eigenvalue weighted by molar-refractivity contribution is -0.303. The summed E-state index contributed by atoms with van der Waals surface area (Å²) >= 11 is 0. The van der Waals surface area contributed by atoms with Crippen molar-refractivity contribution in [2.24, 2.45) is 0 Å². The quantitative estimate of drug-likeness (QED) is 0.0293. The molecule has 2 unspecified atom stereocenters. The standard InChI is InChI=1S/C61H121NO9/c1-3-5-7-9-11-13-15-16-17-18-19-20-21-22-23-24-25-26-27-28-29-30-31-32-33-34-35-36-37-38-39-40-42-44-46-48-50-56(65)62-53(52-70-61-60(69)59(68)58(67)55(51-63)71-61)57(66)54(64)49-47-45-43-41-14-12-10-8-6-4-2/h53-55,57-61,63-64,66-69H,3-52H2,1-2H3,(H,62,65)/t53-,54+,55+,57-,58+,59?,60?,61+/m0/s1. The first-order valence-corrected chi connectivity index (χ1v) is 31.3. The summed E-state index contributed by atoms with van der Waals surface area (Å²) in [5.41, 5.74) is 0. The Balaban J connectivity index is 2.04. The molecule has 0 bridgehead atoms. The molecular formula is C61H121NO9. The van der Waals surface area contributed by atoms with Crippen LogP contribution in [0.5, 0.6) is 0 Å². The van der Waals surface area contributed by atoms with Crippen molar-refractivity contribution in [3.63, 3.8) is 0 Å². The third-order valence-electron chi connectivity index (χ3n) is 15.6. The second kappa shape index (κ2) is 51.3. The molecule has 1 fully saturated rings. The Kier molecular flexibility index (Phi) is 49.2. The van der Waals surface area contributed by atoms with Gasteiger partial charge in [-0.05, 0) is 12.8 Å². The molecule has 1 saturated heterocycles. The van der Waals surface area contributed by atoms with Crippen molar-refractivity contribution in [1.29, 1.82) is 0 Å². The topological polar surface area (TPSA) is 169 Å². The van der Waals surface area contributed by atoms with Gasteiger partial charge >= 0.3 is 0 Å². The van der Waals surface area contributed by atoms with Crippen LogP contribution in [0.2, 0.25) is 0 Å². The number of carbonyl (C=O) groups excluding carboxylic acids is 1. The highest BCUT2D eigenvalue weighted by molar-refractivity contribution is 5.76. The van der Waals surface area contributed by atoms with Crippen LogP contribution in [0, 0.1) is 0 Å². The largest absolute Gasteiger partial charge is 0.394 e. The Morgan fingerprint density at radius 3 is 1.04 bits per heavy atom. The molecule has 10 nitrogen and oxygen atoms in total. The molecular weight excluding hydrogens is 891 g/mol. The van der Waals surface area contributed by atoms with Crippen molar-refractivity contribution in [3.05, 3.63) is 0 Å². The van der Waals surface area contributed by atoms with E-state index in [-0.39, 0.29) is 18.9 Å². The molecule has 8 atom stereocenters. The smallest absolute Gasteiger partial charge is 0.220 e. The first-order valence-electron chi connectivity index (χ1n) is 31.3. The number of amides is 1. The summed E-state index contributed by atoms with van der Waals surface area (Å²) < 4.78 is 11.2. The van der Waals surface area contributed by atoms with Gasteiger partial charge in [0.2, 0.25) is 5.91 Å². The van der Waals surface area contributed by atoms with Gasteiger partial charge in [0.15, 0.2) is 6.29 Å². The van der Waals surface area contributed by atoms with E-state index in [9.17, 15) is 35.4 Å². The van der Waals surface area contributed by atoms with E-state index in [4.69, 9.17) is 9.47 Å². The van der Waals surface area contributed by atoms with Gasteiger partial charge in [0, 0.05) is 6.42 Å². The number of unbranched alkanes of at least 4 members (excludes halogenated alkanes) is 44. The highest BCUT2D eigenvalue weighted by Crippen LogP contribution is 2.24. The van der Waals surface area contributed by atoms with E-state index in [0.29, 0.717) is 6.42 Å². The number of hydrogen-bond acceptors (Lipinski definition) is 9. The van der Waals surface area contributed by atoms with Crippen LogP contribution < -0.4 is 5.32 Å².